The van der Waals surface area contributed by atoms with Crippen LogP contribution in [0, 0.1) is 0 Å². The first-order valence-corrected chi connectivity index (χ1v) is 4.74. The lowest BCUT2D eigenvalue weighted by Crippen LogP contribution is -1.99. The number of carbonyl (C=O) groups excluding carboxylic acids is 1. The molecule has 1 heterocycles. The van der Waals surface area contributed by atoms with Crippen molar-refractivity contribution in [2.75, 3.05) is 7.11 Å². The topological polar surface area (TPSA) is 35.5 Å². The Kier molecular flexibility index (Phi) is 2.46. The van der Waals surface area contributed by atoms with Crippen LogP contribution in [0.15, 0.2) is 24.8 Å². The van der Waals surface area contributed by atoms with Gasteiger partial charge >= 0.3 is 5.97 Å². The van der Waals surface area contributed by atoms with Gasteiger partial charge in [-0.1, -0.05) is 12.1 Å². The highest BCUT2D eigenvalue weighted by Crippen LogP contribution is 2.30. The lowest BCUT2D eigenvalue weighted by molar-refractivity contribution is 0.0533. The van der Waals surface area contributed by atoms with Crippen LogP contribution in [0.2, 0.25) is 0 Å². The SMILES string of the molecule is C=CCc1cc2c(c(OC)c1)C(=O)OC2. The van der Waals surface area contributed by atoms with Gasteiger partial charge in [0.25, 0.3) is 0 Å². The van der Waals surface area contributed by atoms with E-state index in [2.05, 4.69) is 6.58 Å². The lowest BCUT2D eigenvalue weighted by Gasteiger charge is -2.06. The smallest absolute Gasteiger partial charge is 0.342 e. The summed E-state index contributed by atoms with van der Waals surface area (Å²) in [5.74, 6) is 0.291. The van der Waals surface area contributed by atoms with E-state index in [0.717, 1.165) is 17.5 Å². The molecule has 0 saturated carbocycles. The van der Waals surface area contributed by atoms with Crippen molar-refractivity contribution in [2.24, 2.45) is 0 Å². The largest absolute Gasteiger partial charge is 0.496 e. The molecule has 0 spiro atoms. The predicted octanol–water partition coefficient (Wildman–Crippen LogP) is 2.09. The minimum absolute atomic E-state index is 0.299. The summed E-state index contributed by atoms with van der Waals surface area (Å²) < 4.78 is 10.1. The van der Waals surface area contributed by atoms with Crippen LogP contribution in [0.4, 0.5) is 0 Å². The van der Waals surface area contributed by atoms with E-state index in [1.807, 2.05) is 18.2 Å². The monoisotopic (exact) mass is 204 g/mol. The molecule has 0 unspecified atom stereocenters. The van der Waals surface area contributed by atoms with E-state index in [-0.39, 0.29) is 5.97 Å². The van der Waals surface area contributed by atoms with Crippen molar-refractivity contribution in [3.8, 4) is 5.75 Å². The Morgan fingerprint density at radius 1 is 1.60 bits per heavy atom. The number of ether oxygens (including phenoxy) is 2. The van der Waals surface area contributed by atoms with E-state index in [9.17, 15) is 4.79 Å². The third kappa shape index (κ3) is 1.61. The number of cyclic esters (lactones) is 1. The molecule has 0 aliphatic carbocycles. The van der Waals surface area contributed by atoms with Gasteiger partial charge in [0.2, 0.25) is 0 Å². The predicted molar refractivity (Wildman–Crippen MR) is 56.0 cm³/mol. The Balaban J connectivity index is 2.52. The molecule has 0 N–H and O–H groups in total. The van der Waals surface area contributed by atoms with Crippen LogP contribution >= 0.6 is 0 Å². The highest BCUT2D eigenvalue weighted by molar-refractivity contribution is 5.96. The van der Waals surface area contributed by atoms with Crippen LogP contribution in [0.1, 0.15) is 21.5 Å². The van der Waals surface area contributed by atoms with Gasteiger partial charge in [0.05, 0.1) is 7.11 Å². The molecule has 1 aliphatic heterocycles. The Labute approximate surface area is 88.3 Å². The lowest BCUT2D eigenvalue weighted by atomic mass is 10.0. The van der Waals surface area contributed by atoms with Crippen LogP contribution in [0.5, 0.6) is 5.75 Å². The molecule has 0 atom stereocenters. The van der Waals surface area contributed by atoms with E-state index >= 15 is 0 Å². The van der Waals surface area contributed by atoms with E-state index in [4.69, 9.17) is 9.47 Å². The zero-order valence-corrected chi connectivity index (χ0v) is 8.58. The summed E-state index contributed by atoms with van der Waals surface area (Å²) in [4.78, 5) is 11.4. The summed E-state index contributed by atoms with van der Waals surface area (Å²) in [5.41, 5.74) is 2.54. The summed E-state index contributed by atoms with van der Waals surface area (Å²) in [6.45, 7) is 4.02. The number of esters is 1. The Morgan fingerprint density at radius 3 is 3.07 bits per heavy atom. The summed E-state index contributed by atoms with van der Waals surface area (Å²) in [6, 6.07) is 3.82. The number of fused-ring (bicyclic) bond motifs is 1. The van der Waals surface area contributed by atoms with Gasteiger partial charge < -0.3 is 9.47 Å². The summed E-state index contributed by atoms with van der Waals surface area (Å²) in [6.07, 6.45) is 2.58. The van der Waals surface area contributed by atoms with Crippen molar-refractivity contribution in [3.05, 3.63) is 41.5 Å². The number of allylic oxidation sites excluding steroid dienone is 1. The highest BCUT2D eigenvalue weighted by Gasteiger charge is 2.26. The summed E-state index contributed by atoms with van der Waals surface area (Å²) in [5, 5.41) is 0. The zero-order valence-electron chi connectivity index (χ0n) is 8.58. The minimum atomic E-state index is -0.299. The third-order valence-electron chi connectivity index (χ3n) is 2.41. The maximum Gasteiger partial charge on any atom is 0.342 e. The Hall–Kier alpha value is -1.77. The number of carbonyl (C=O) groups is 1. The van der Waals surface area contributed by atoms with Crippen LogP contribution in [-0.4, -0.2) is 13.1 Å². The second-order valence-corrected chi connectivity index (χ2v) is 3.40. The second-order valence-electron chi connectivity index (χ2n) is 3.40. The molecule has 3 heteroatoms. The van der Waals surface area contributed by atoms with E-state index in [1.165, 1.54) is 0 Å². The normalized spacial score (nSPS) is 13.3. The molecule has 15 heavy (non-hydrogen) atoms. The third-order valence-corrected chi connectivity index (χ3v) is 2.41. The molecule has 3 nitrogen and oxygen atoms in total. The minimum Gasteiger partial charge on any atom is -0.496 e. The van der Waals surface area contributed by atoms with Crippen LogP contribution in [0.3, 0.4) is 0 Å². The highest BCUT2D eigenvalue weighted by atomic mass is 16.5. The summed E-state index contributed by atoms with van der Waals surface area (Å²) in [7, 11) is 1.55. The van der Waals surface area contributed by atoms with Crippen LogP contribution in [0.25, 0.3) is 0 Å². The average molecular weight is 204 g/mol. The quantitative estimate of drug-likeness (QED) is 0.558. The molecule has 1 aromatic carbocycles. The molecule has 78 valence electrons. The van der Waals surface area contributed by atoms with Crippen molar-refractivity contribution >= 4 is 5.97 Å². The zero-order chi connectivity index (χ0) is 10.8. The molecule has 0 radical (unpaired) electrons. The van der Waals surface area contributed by atoms with Gasteiger partial charge in [0.1, 0.15) is 17.9 Å². The second kappa shape index (κ2) is 3.77. The average Bonchev–Trinajstić information content (AvgIpc) is 2.60. The van der Waals surface area contributed by atoms with Gasteiger partial charge in [-0.2, -0.15) is 0 Å². The van der Waals surface area contributed by atoms with Gasteiger partial charge in [0.15, 0.2) is 0 Å². The molecule has 1 aromatic rings. The van der Waals surface area contributed by atoms with E-state index < -0.39 is 0 Å². The van der Waals surface area contributed by atoms with Crippen molar-refractivity contribution in [1.82, 2.24) is 0 Å². The van der Waals surface area contributed by atoms with Crippen molar-refractivity contribution in [3.63, 3.8) is 0 Å². The maximum absolute atomic E-state index is 11.4. The molecule has 0 fully saturated rings. The van der Waals surface area contributed by atoms with Crippen LogP contribution < -0.4 is 4.74 Å². The molecule has 1 aliphatic rings. The number of rotatable bonds is 3. The molecule has 2 rings (SSSR count). The molecule has 0 amide bonds. The molecular formula is C12H12O3. The van der Waals surface area contributed by atoms with Crippen molar-refractivity contribution in [2.45, 2.75) is 13.0 Å². The van der Waals surface area contributed by atoms with Crippen molar-refractivity contribution in [1.29, 1.82) is 0 Å². The van der Waals surface area contributed by atoms with E-state index in [1.54, 1.807) is 7.11 Å². The fourth-order valence-electron chi connectivity index (χ4n) is 1.74. The number of hydrogen-bond acceptors (Lipinski definition) is 3. The van der Waals surface area contributed by atoms with Gasteiger partial charge in [-0.25, -0.2) is 4.79 Å². The van der Waals surface area contributed by atoms with Gasteiger partial charge in [-0.05, 0) is 18.1 Å². The van der Waals surface area contributed by atoms with E-state index in [0.29, 0.717) is 17.9 Å². The fraction of sp³-hybridized carbons (Fsp3) is 0.250. The Morgan fingerprint density at radius 2 is 2.40 bits per heavy atom. The summed E-state index contributed by atoms with van der Waals surface area (Å²) >= 11 is 0. The van der Waals surface area contributed by atoms with Gasteiger partial charge in [-0.3, -0.25) is 0 Å². The van der Waals surface area contributed by atoms with Gasteiger partial charge in [-0.15, -0.1) is 6.58 Å². The van der Waals surface area contributed by atoms with Crippen molar-refractivity contribution < 1.29 is 14.3 Å². The van der Waals surface area contributed by atoms with Gasteiger partial charge in [0, 0.05) is 5.56 Å². The first kappa shape index (κ1) is 9.77. The molecular weight excluding hydrogens is 192 g/mol. The first-order valence-electron chi connectivity index (χ1n) is 4.74. The standard InChI is InChI=1S/C12H12O3/c1-3-4-8-5-9-7-15-12(13)11(9)10(6-8)14-2/h3,5-6H,1,4,7H2,2H3. The Bertz CT molecular complexity index is 421. The number of methoxy groups -OCH3 is 1. The maximum atomic E-state index is 11.4. The first-order chi connectivity index (χ1) is 7.26. The van der Waals surface area contributed by atoms with Crippen LogP contribution in [-0.2, 0) is 17.8 Å². The molecule has 0 saturated heterocycles. The number of hydrogen-bond donors (Lipinski definition) is 0. The molecule has 0 aromatic heterocycles. The molecule has 0 bridgehead atoms. The fourth-order valence-corrected chi connectivity index (χ4v) is 1.74. The number of benzene rings is 1.